The second-order valence-corrected chi connectivity index (χ2v) is 2.14. The van der Waals surface area contributed by atoms with Gasteiger partial charge in [0, 0.05) is 11.8 Å². The molecule has 0 heterocycles. The SMILES string of the molecule is CCBr.CCC(=O)O. The van der Waals surface area contributed by atoms with Gasteiger partial charge in [-0.2, -0.15) is 0 Å². The van der Waals surface area contributed by atoms with Crippen molar-refractivity contribution in [3.8, 4) is 0 Å². The number of carboxylic acids is 1. The van der Waals surface area contributed by atoms with E-state index in [0.717, 1.165) is 5.33 Å². The predicted octanol–water partition coefficient (Wildman–Crippen LogP) is 1.88. The molecule has 0 bridgehead atoms. The smallest absolute Gasteiger partial charge is 0.303 e. The van der Waals surface area contributed by atoms with Crippen LogP contribution in [-0.4, -0.2) is 16.4 Å². The van der Waals surface area contributed by atoms with Crippen molar-refractivity contribution in [3.05, 3.63) is 0 Å². The highest BCUT2D eigenvalue weighted by molar-refractivity contribution is 9.09. The second kappa shape index (κ2) is 10.0. The first-order chi connectivity index (χ1) is 3.68. The lowest BCUT2D eigenvalue weighted by Gasteiger charge is -1.71. The average molecular weight is 183 g/mol. The van der Waals surface area contributed by atoms with Gasteiger partial charge >= 0.3 is 5.97 Å². The van der Waals surface area contributed by atoms with Gasteiger partial charge < -0.3 is 5.11 Å². The molecule has 0 aliphatic rings. The van der Waals surface area contributed by atoms with Crippen LogP contribution in [0, 0.1) is 0 Å². The van der Waals surface area contributed by atoms with Gasteiger partial charge in [0.05, 0.1) is 0 Å². The van der Waals surface area contributed by atoms with Crippen LogP contribution in [0.1, 0.15) is 20.3 Å². The number of hydrogen-bond donors (Lipinski definition) is 1. The Balaban J connectivity index is 0. The Morgan fingerprint density at radius 1 is 1.62 bits per heavy atom. The molecule has 0 unspecified atom stereocenters. The zero-order chi connectivity index (χ0) is 6.99. The second-order valence-electron chi connectivity index (χ2n) is 1.01. The molecule has 0 saturated heterocycles. The summed E-state index contributed by atoms with van der Waals surface area (Å²) in [4.78, 5) is 9.37. The van der Waals surface area contributed by atoms with Gasteiger partial charge in [0.25, 0.3) is 0 Å². The van der Waals surface area contributed by atoms with E-state index < -0.39 is 5.97 Å². The summed E-state index contributed by atoms with van der Waals surface area (Å²) in [5.41, 5.74) is 0. The minimum atomic E-state index is -0.745. The zero-order valence-corrected chi connectivity index (χ0v) is 6.73. The molecule has 0 rings (SSSR count). The molecule has 0 saturated carbocycles. The van der Waals surface area contributed by atoms with E-state index in [1.807, 2.05) is 6.92 Å². The monoisotopic (exact) mass is 182 g/mol. The van der Waals surface area contributed by atoms with Crippen molar-refractivity contribution in [1.29, 1.82) is 0 Å². The van der Waals surface area contributed by atoms with Crippen LogP contribution in [0.25, 0.3) is 0 Å². The van der Waals surface area contributed by atoms with E-state index >= 15 is 0 Å². The molecule has 8 heavy (non-hydrogen) atoms. The molecule has 0 aliphatic carbocycles. The third-order valence-corrected chi connectivity index (χ3v) is 0.302. The number of carboxylic acid groups (broad SMARTS) is 1. The summed E-state index contributed by atoms with van der Waals surface area (Å²) >= 11 is 3.15. The fourth-order valence-electron chi connectivity index (χ4n) is 0. The summed E-state index contributed by atoms with van der Waals surface area (Å²) < 4.78 is 0. The van der Waals surface area contributed by atoms with Gasteiger partial charge in [-0.15, -0.1) is 0 Å². The van der Waals surface area contributed by atoms with Crippen LogP contribution in [0.5, 0.6) is 0 Å². The van der Waals surface area contributed by atoms with Gasteiger partial charge in [-0.05, 0) is 0 Å². The maximum Gasteiger partial charge on any atom is 0.303 e. The Bertz CT molecular complexity index is 54.4. The van der Waals surface area contributed by atoms with E-state index in [-0.39, 0.29) is 6.42 Å². The summed E-state index contributed by atoms with van der Waals surface area (Å²) in [7, 11) is 0. The van der Waals surface area contributed by atoms with Crippen molar-refractivity contribution in [1.82, 2.24) is 0 Å². The molecule has 2 nitrogen and oxygen atoms in total. The molecule has 0 radical (unpaired) electrons. The molecule has 1 N–H and O–H groups in total. The molecule has 0 spiro atoms. The van der Waals surface area contributed by atoms with Gasteiger partial charge in [0.15, 0.2) is 0 Å². The molecule has 0 amide bonds. The maximum atomic E-state index is 9.37. The van der Waals surface area contributed by atoms with Crippen LogP contribution in [-0.2, 0) is 4.79 Å². The molecule has 3 heteroatoms. The van der Waals surface area contributed by atoms with Gasteiger partial charge in [-0.1, -0.05) is 29.8 Å². The largest absolute Gasteiger partial charge is 0.481 e. The Morgan fingerprint density at radius 3 is 1.75 bits per heavy atom. The van der Waals surface area contributed by atoms with E-state index in [0.29, 0.717) is 0 Å². The van der Waals surface area contributed by atoms with E-state index in [1.165, 1.54) is 0 Å². The van der Waals surface area contributed by atoms with Crippen LogP contribution in [0.3, 0.4) is 0 Å². The van der Waals surface area contributed by atoms with Gasteiger partial charge in [-0.3, -0.25) is 4.79 Å². The number of rotatable bonds is 1. The van der Waals surface area contributed by atoms with E-state index in [9.17, 15) is 4.79 Å². The Morgan fingerprint density at radius 2 is 1.75 bits per heavy atom. The molecule has 50 valence electrons. The lowest BCUT2D eigenvalue weighted by molar-refractivity contribution is -0.136. The number of aliphatic carboxylic acids is 1. The molecular formula is C5H11BrO2. The predicted molar refractivity (Wildman–Crippen MR) is 37.4 cm³/mol. The normalized spacial score (nSPS) is 6.88. The molecule has 0 aromatic rings. The number of hydrogen-bond acceptors (Lipinski definition) is 1. The fourth-order valence-corrected chi connectivity index (χ4v) is 0. The molecule has 0 fully saturated rings. The number of halogens is 1. The van der Waals surface area contributed by atoms with Crippen LogP contribution >= 0.6 is 15.9 Å². The standard InChI is InChI=1S/C3H6O2.C2H5Br/c1-2-3(4)5;1-2-3/h2H2,1H3,(H,4,5);2H2,1H3. The highest BCUT2D eigenvalue weighted by Gasteiger charge is 1.80. The lowest BCUT2D eigenvalue weighted by atomic mass is 10.5. The maximum absolute atomic E-state index is 9.37. The summed E-state index contributed by atoms with van der Waals surface area (Å²) in [6, 6.07) is 0. The average Bonchev–Trinajstić information content (AvgIpc) is 1.69. The summed E-state index contributed by atoms with van der Waals surface area (Å²) in [5, 5.41) is 8.78. The first-order valence-electron chi connectivity index (χ1n) is 2.46. The third kappa shape index (κ3) is 38.3. The van der Waals surface area contributed by atoms with Crippen molar-refractivity contribution in [2.75, 3.05) is 5.33 Å². The lowest BCUT2D eigenvalue weighted by Crippen LogP contribution is -1.86. The van der Waals surface area contributed by atoms with E-state index in [2.05, 4.69) is 15.9 Å². The van der Waals surface area contributed by atoms with E-state index in [4.69, 9.17) is 5.11 Å². The first kappa shape index (κ1) is 10.8. The Hall–Kier alpha value is -0.0500. The molecule has 0 atom stereocenters. The fraction of sp³-hybridized carbons (Fsp3) is 0.800. The minimum absolute atomic E-state index is 0.222. The Kier molecular flexibility index (Phi) is 13.6. The minimum Gasteiger partial charge on any atom is -0.481 e. The Labute approximate surface area is 58.0 Å². The van der Waals surface area contributed by atoms with Crippen molar-refractivity contribution in [3.63, 3.8) is 0 Å². The number of carbonyl (C=O) groups is 1. The molecule has 0 aliphatic heterocycles. The van der Waals surface area contributed by atoms with Crippen LogP contribution in [0.2, 0.25) is 0 Å². The summed E-state index contributed by atoms with van der Waals surface area (Å²) in [6.45, 7) is 3.64. The highest BCUT2D eigenvalue weighted by Crippen LogP contribution is 1.67. The topological polar surface area (TPSA) is 37.3 Å². The van der Waals surface area contributed by atoms with Crippen molar-refractivity contribution in [2.24, 2.45) is 0 Å². The zero-order valence-electron chi connectivity index (χ0n) is 5.15. The third-order valence-electron chi connectivity index (χ3n) is 0.302. The molecule has 0 aromatic heterocycles. The van der Waals surface area contributed by atoms with Gasteiger partial charge in [0.1, 0.15) is 0 Å². The van der Waals surface area contributed by atoms with Crippen molar-refractivity contribution in [2.45, 2.75) is 20.3 Å². The van der Waals surface area contributed by atoms with Gasteiger partial charge in [0.2, 0.25) is 0 Å². The van der Waals surface area contributed by atoms with E-state index in [1.54, 1.807) is 6.92 Å². The highest BCUT2D eigenvalue weighted by atomic mass is 79.9. The van der Waals surface area contributed by atoms with Crippen LogP contribution in [0.15, 0.2) is 0 Å². The summed E-state index contributed by atoms with van der Waals surface area (Å²) in [6.07, 6.45) is 0.222. The van der Waals surface area contributed by atoms with Gasteiger partial charge in [-0.25, -0.2) is 0 Å². The van der Waals surface area contributed by atoms with Crippen LogP contribution < -0.4 is 0 Å². The molecule has 0 aromatic carbocycles. The van der Waals surface area contributed by atoms with Crippen molar-refractivity contribution < 1.29 is 9.90 Å². The van der Waals surface area contributed by atoms with Crippen molar-refractivity contribution >= 4 is 21.9 Å². The number of alkyl halides is 1. The quantitative estimate of drug-likeness (QED) is 0.630. The summed E-state index contributed by atoms with van der Waals surface area (Å²) in [5.74, 6) is -0.745. The molecular weight excluding hydrogens is 172 g/mol. The first-order valence-corrected chi connectivity index (χ1v) is 3.58. The van der Waals surface area contributed by atoms with Crippen LogP contribution in [0.4, 0.5) is 0 Å².